The van der Waals surface area contributed by atoms with E-state index in [0.717, 1.165) is 27.9 Å². The van der Waals surface area contributed by atoms with E-state index in [1.807, 2.05) is 48.5 Å². The van der Waals surface area contributed by atoms with Crippen molar-refractivity contribution in [3.63, 3.8) is 0 Å². The van der Waals surface area contributed by atoms with Gasteiger partial charge in [0, 0.05) is 48.7 Å². The van der Waals surface area contributed by atoms with Crippen LogP contribution in [-0.2, 0) is 18.9 Å². The van der Waals surface area contributed by atoms with Crippen LogP contribution in [-0.4, -0.2) is 32.7 Å². The van der Waals surface area contributed by atoms with Gasteiger partial charge in [-0.05, 0) is 52.4 Å². The molecule has 2 aromatic carbocycles. The van der Waals surface area contributed by atoms with E-state index < -0.39 is 6.03 Å². The molecule has 0 unspecified atom stereocenters. The van der Waals surface area contributed by atoms with Crippen LogP contribution < -0.4 is 20.9 Å². The number of carbonyl (C=O) groups is 1. The van der Waals surface area contributed by atoms with Crippen LogP contribution in [0.5, 0.6) is 5.75 Å². The molecule has 0 spiro atoms. The van der Waals surface area contributed by atoms with E-state index in [-0.39, 0.29) is 16.7 Å². The lowest BCUT2D eigenvalue weighted by Crippen LogP contribution is -2.29. The number of anilines is 2. The molecule has 5 rings (SSSR count). The minimum atomic E-state index is -0.523. The number of aromatic nitrogens is 4. The number of urea groups is 1. The second-order valence-electron chi connectivity index (χ2n) is 10.6. The van der Waals surface area contributed by atoms with Crippen LogP contribution in [0.25, 0.3) is 22.2 Å². The maximum atomic E-state index is 13.6. The monoisotopic (exact) mass is 536 g/mol. The molecule has 0 radical (unpaired) electrons. The van der Waals surface area contributed by atoms with E-state index in [0.29, 0.717) is 29.1 Å². The highest BCUT2D eigenvalue weighted by Gasteiger charge is 2.23. The van der Waals surface area contributed by atoms with Crippen LogP contribution in [0.4, 0.5) is 16.2 Å². The van der Waals surface area contributed by atoms with Crippen molar-refractivity contribution >= 4 is 28.4 Å². The van der Waals surface area contributed by atoms with E-state index in [9.17, 15) is 9.59 Å². The third kappa shape index (κ3) is 5.31. The number of H-pyrrole nitrogens is 1. The van der Waals surface area contributed by atoms with Gasteiger partial charge in [-0.1, -0.05) is 45.0 Å². The van der Waals surface area contributed by atoms with Crippen molar-refractivity contribution in [2.24, 2.45) is 7.05 Å². The van der Waals surface area contributed by atoms with E-state index in [1.54, 1.807) is 38.8 Å². The molecule has 0 aliphatic rings. The van der Waals surface area contributed by atoms with Crippen LogP contribution in [0.2, 0.25) is 0 Å². The van der Waals surface area contributed by atoms with Crippen molar-refractivity contribution in [3.8, 4) is 16.9 Å². The number of hydrogen-bond acceptors (Lipinski definition) is 5. The van der Waals surface area contributed by atoms with Crippen LogP contribution >= 0.6 is 0 Å². The van der Waals surface area contributed by atoms with Crippen LogP contribution in [0.1, 0.15) is 37.7 Å². The zero-order chi connectivity index (χ0) is 28.4. The van der Waals surface area contributed by atoms with Crippen molar-refractivity contribution in [2.45, 2.75) is 32.6 Å². The summed E-state index contributed by atoms with van der Waals surface area (Å²) in [4.78, 5) is 39.0. The summed E-state index contributed by atoms with van der Waals surface area (Å²) in [7, 11) is 3.23. The summed E-state index contributed by atoms with van der Waals surface area (Å²) in [6.07, 6.45) is 5.72. The number of aromatic amines is 1. The summed E-state index contributed by atoms with van der Waals surface area (Å²) in [6.45, 7) is 6.26. The predicted molar refractivity (Wildman–Crippen MR) is 158 cm³/mol. The van der Waals surface area contributed by atoms with Crippen molar-refractivity contribution in [2.75, 3.05) is 17.7 Å². The first kappa shape index (κ1) is 26.7. The van der Waals surface area contributed by atoms with E-state index in [1.165, 1.54) is 4.57 Å². The second-order valence-corrected chi connectivity index (χ2v) is 10.6. The molecule has 2 amide bonds. The molecule has 204 valence electrons. The lowest BCUT2D eigenvalue weighted by molar-refractivity contribution is 0.262. The molecule has 0 aliphatic heterocycles. The van der Waals surface area contributed by atoms with E-state index >= 15 is 0 Å². The predicted octanol–water partition coefficient (Wildman–Crippen LogP) is 5.86. The molecule has 5 aromatic rings. The molecular weight excluding hydrogens is 504 g/mol. The number of rotatable bonds is 6. The van der Waals surface area contributed by atoms with Crippen LogP contribution in [0.15, 0.2) is 78.0 Å². The lowest BCUT2D eigenvalue weighted by Gasteiger charge is -2.24. The number of carbonyl (C=O) groups excluding carboxylic acids is 1. The molecule has 0 bridgehead atoms. The summed E-state index contributed by atoms with van der Waals surface area (Å²) >= 11 is 0. The molecule has 40 heavy (non-hydrogen) atoms. The molecule has 3 N–H and O–H groups in total. The number of aryl methyl sites for hydroxylation is 1. The average molecular weight is 537 g/mol. The van der Waals surface area contributed by atoms with Gasteiger partial charge in [-0.3, -0.25) is 9.36 Å². The Bertz CT molecular complexity index is 1750. The van der Waals surface area contributed by atoms with Crippen molar-refractivity contribution in [3.05, 3.63) is 100 Å². The molecule has 0 aliphatic carbocycles. The number of fused-ring (bicyclic) bond motifs is 1. The number of methoxy groups -OCH3 is 1. The maximum Gasteiger partial charge on any atom is 0.323 e. The highest BCUT2D eigenvalue weighted by molar-refractivity contribution is 6.07. The molecule has 9 nitrogen and oxygen atoms in total. The fourth-order valence-electron chi connectivity index (χ4n) is 4.87. The van der Waals surface area contributed by atoms with Gasteiger partial charge in [-0.2, -0.15) is 0 Å². The Morgan fingerprint density at radius 1 is 1.02 bits per heavy atom. The third-order valence-electron chi connectivity index (χ3n) is 6.81. The molecule has 0 saturated heterocycles. The Balaban J connectivity index is 1.57. The van der Waals surface area contributed by atoms with Gasteiger partial charge in [-0.15, -0.1) is 0 Å². The Hall–Kier alpha value is -4.92. The molecule has 0 atom stereocenters. The van der Waals surface area contributed by atoms with Gasteiger partial charge < -0.3 is 20.4 Å². The smallest absolute Gasteiger partial charge is 0.323 e. The number of amides is 2. The minimum Gasteiger partial charge on any atom is -0.497 e. The number of nitrogens with zero attached hydrogens (tertiary/aromatic N) is 3. The molecule has 9 heteroatoms. The lowest BCUT2D eigenvalue weighted by atomic mass is 9.85. The Morgan fingerprint density at radius 3 is 2.58 bits per heavy atom. The molecule has 0 saturated carbocycles. The zero-order valence-electron chi connectivity index (χ0n) is 23.2. The zero-order valence-corrected chi connectivity index (χ0v) is 23.2. The molecule has 3 aromatic heterocycles. The molecule has 3 heterocycles. The SMILES string of the molecule is COc1cccc(-c2c(NC(=O)Nc3cc(Cc4ncc[nH]4)ccc3C(C)(C)C)c(=O)n(C)c3ncccc23)c1. The first-order valence-corrected chi connectivity index (χ1v) is 13.0. The van der Waals surface area contributed by atoms with Gasteiger partial charge >= 0.3 is 6.03 Å². The van der Waals surface area contributed by atoms with Gasteiger partial charge in [0.1, 0.15) is 22.9 Å². The number of imidazole rings is 1. The first-order valence-electron chi connectivity index (χ1n) is 13.0. The maximum absolute atomic E-state index is 13.6. The molecule has 0 fully saturated rings. The average Bonchev–Trinajstić information content (AvgIpc) is 3.44. The molecular formula is C31H32N6O3. The quantitative estimate of drug-likeness (QED) is 0.251. The summed E-state index contributed by atoms with van der Waals surface area (Å²) in [5.41, 5.74) is 3.97. The van der Waals surface area contributed by atoms with Gasteiger partial charge in [0.05, 0.1) is 7.11 Å². The van der Waals surface area contributed by atoms with Gasteiger partial charge in [0.15, 0.2) is 0 Å². The third-order valence-corrected chi connectivity index (χ3v) is 6.81. The fraction of sp³-hybridized carbons (Fsp3) is 0.226. The van der Waals surface area contributed by atoms with Crippen LogP contribution in [0.3, 0.4) is 0 Å². The van der Waals surface area contributed by atoms with Gasteiger partial charge in [0.25, 0.3) is 5.56 Å². The summed E-state index contributed by atoms with van der Waals surface area (Å²) in [5, 5.41) is 6.61. The Labute approximate surface area is 232 Å². The number of ether oxygens (including phenoxy) is 1. The van der Waals surface area contributed by atoms with Crippen molar-refractivity contribution in [1.82, 2.24) is 19.5 Å². The summed E-state index contributed by atoms with van der Waals surface area (Å²) in [6, 6.07) is 16.6. The summed E-state index contributed by atoms with van der Waals surface area (Å²) < 4.78 is 6.87. The number of benzene rings is 2. The van der Waals surface area contributed by atoms with Gasteiger partial charge in [-0.25, -0.2) is 14.8 Å². The highest BCUT2D eigenvalue weighted by Crippen LogP contribution is 2.35. The largest absolute Gasteiger partial charge is 0.497 e. The fourth-order valence-corrected chi connectivity index (χ4v) is 4.87. The van der Waals surface area contributed by atoms with Gasteiger partial charge in [0.2, 0.25) is 0 Å². The van der Waals surface area contributed by atoms with E-state index in [4.69, 9.17) is 4.74 Å². The van der Waals surface area contributed by atoms with E-state index in [2.05, 4.69) is 46.4 Å². The highest BCUT2D eigenvalue weighted by atomic mass is 16.5. The summed E-state index contributed by atoms with van der Waals surface area (Å²) in [5.74, 6) is 1.46. The van der Waals surface area contributed by atoms with Crippen LogP contribution in [0, 0.1) is 0 Å². The Kier molecular flexibility index (Phi) is 7.13. The standard InChI is InChI=1S/C31H32N6O3/c1-31(2,3)23-12-11-19(17-25-32-14-15-33-25)16-24(23)35-30(39)36-27-26(20-8-6-9-21(18-20)40-5)22-10-7-13-34-28(22)37(4)29(27)38/h6-16,18H,17H2,1-5H3,(H,32,33)(H2,35,36,39). The Morgan fingerprint density at radius 2 is 1.85 bits per heavy atom. The first-order chi connectivity index (χ1) is 19.2. The van der Waals surface area contributed by atoms with Crippen molar-refractivity contribution < 1.29 is 9.53 Å². The topological polar surface area (TPSA) is 114 Å². The number of nitrogens with one attached hydrogen (secondary N) is 3. The van der Waals surface area contributed by atoms with Crippen molar-refractivity contribution in [1.29, 1.82) is 0 Å². The number of hydrogen-bond donors (Lipinski definition) is 3. The second kappa shape index (κ2) is 10.7. The number of pyridine rings is 2. The normalized spacial score (nSPS) is 11.4. The minimum absolute atomic E-state index is 0.151.